The minimum Gasteiger partial charge on any atom is -0.497 e. The van der Waals surface area contributed by atoms with Crippen molar-refractivity contribution in [2.24, 2.45) is 0 Å². The van der Waals surface area contributed by atoms with Crippen LogP contribution in [-0.4, -0.2) is 50.7 Å². The normalized spacial score (nSPS) is 10.7. The van der Waals surface area contributed by atoms with Crippen LogP contribution in [0.25, 0.3) is 0 Å². The Morgan fingerprint density at radius 1 is 0.757 bits per heavy atom. The van der Waals surface area contributed by atoms with E-state index in [2.05, 4.69) is 17.4 Å². The molecule has 1 N–H and O–H groups in total. The van der Waals surface area contributed by atoms with E-state index in [-0.39, 0.29) is 11.9 Å². The number of hydrogen-bond acceptors (Lipinski definition) is 6. The predicted octanol–water partition coefficient (Wildman–Crippen LogP) is 5.51. The van der Waals surface area contributed by atoms with Crippen LogP contribution in [0, 0.1) is 0 Å². The Morgan fingerprint density at radius 3 is 1.97 bits per heavy atom. The van der Waals surface area contributed by atoms with Gasteiger partial charge in [0.05, 0.1) is 20.8 Å². The van der Waals surface area contributed by atoms with E-state index in [0.717, 1.165) is 68.7 Å². The van der Waals surface area contributed by atoms with Crippen LogP contribution >= 0.6 is 0 Å². The average Bonchev–Trinajstić information content (AvgIpc) is 2.92. The summed E-state index contributed by atoms with van der Waals surface area (Å²) in [5, 5.41) is 3.47. The summed E-state index contributed by atoms with van der Waals surface area (Å²) in [5.74, 6) is 1.71. The molecule has 204 valence electrons. The molecule has 0 atom stereocenters. The third-order valence-electron chi connectivity index (χ3n) is 6.23. The largest absolute Gasteiger partial charge is 0.497 e. The zero-order valence-corrected chi connectivity index (χ0v) is 22.8. The summed E-state index contributed by atoms with van der Waals surface area (Å²) in [6.07, 6.45) is 6.47. The van der Waals surface area contributed by atoms with Gasteiger partial charge in [-0.3, -0.25) is 9.59 Å². The van der Waals surface area contributed by atoms with Crippen LogP contribution < -0.4 is 14.8 Å². The Hall–Kier alpha value is -3.06. The first-order valence-electron chi connectivity index (χ1n) is 13.5. The second kappa shape index (κ2) is 18.2. The number of nitrogens with zero attached hydrogens (tertiary/aromatic N) is 1. The summed E-state index contributed by atoms with van der Waals surface area (Å²) >= 11 is 0. The number of nitrogens with one attached hydrogen (secondary N) is 1. The molecule has 0 aliphatic carbocycles. The van der Waals surface area contributed by atoms with Gasteiger partial charge < -0.3 is 24.4 Å². The second-order valence-corrected chi connectivity index (χ2v) is 9.11. The Bertz CT molecular complexity index is 899. The molecule has 1 amide bonds. The molecule has 0 aliphatic rings. The first kappa shape index (κ1) is 30.2. The highest BCUT2D eigenvalue weighted by Gasteiger charge is 2.14. The van der Waals surface area contributed by atoms with Crippen LogP contribution in [0.4, 0.5) is 0 Å². The molecule has 0 fully saturated rings. The summed E-state index contributed by atoms with van der Waals surface area (Å²) in [7, 11) is 3.32. The lowest BCUT2D eigenvalue weighted by molar-refractivity contribution is -0.143. The SMILES string of the molecule is CCOC(=O)CCCCCN(Cc1ccc(OC)cc1)C(=O)CCCCCNCc1ccc(OC)cc1. The van der Waals surface area contributed by atoms with Crippen LogP contribution in [0.5, 0.6) is 11.5 Å². The van der Waals surface area contributed by atoms with Crippen molar-refractivity contribution in [2.75, 3.05) is 33.9 Å². The number of methoxy groups -OCH3 is 2. The number of unbranched alkanes of at least 4 members (excludes halogenated alkanes) is 4. The molecule has 0 unspecified atom stereocenters. The molecular weight excluding hydrogens is 468 g/mol. The molecule has 0 spiro atoms. The fourth-order valence-electron chi connectivity index (χ4n) is 4.06. The summed E-state index contributed by atoms with van der Waals surface area (Å²) < 4.78 is 15.4. The van der Waals surface area contributed by atoms with Crippen molar-refractivity contribution < 1.29 is 23.8 Å². The van der Waals surface area contributed by atoms with E-state index in [0.29, 0.717) is 32.5 Å². The maximum atomic E-state index is 13.1. The number of benzene rings is 2. The Labute approximate surface area is 222 Å². The number of esters is 1. The van der Waals surface area contributed by atoms with Crippen molar-refractivity contribution in [3.63, 3.8) is 0 Å². The van der Waals surface area contributed by atoms with Crippen molar-refractivity contribution in [2.45, 2.75) is 71.4 Å². The van der Waals surface area contributed by atoms with E-state index in [1.165, 1.54) is 5.56 Å². The lowest BCUT2D eigenvalue weighted by atomic mass is 10.1. The van der Waals surface area contributed by atoms with Gasteiger partial charge in [-0.05, 0) is 74.5 Å². The van der Waals surface area contributed by atoms with Gasteiger partial charge >= 0.3 is 5.97 Å². The standard InChI is InChI=1S/C30H44N2O5/c1-4-37-30(34)12-8-6-10-22-32(24-26-15-19-28(36-3)20-16-26)29(33)11-7-5-9-21-31-23-25-13-17-27(35-2)18-14-25/h13-20,31H,4-12,21-24H2,1-3H3. The molecule has 2 aromatic rings. The monoisotopic (exact) mass is 512 g/mol. The van der Waals surface area contributed by atoms with Gasteiger partial charge in [0, 0.05) is 32.5 Å². The highest BCUT2D eigenvalue weighted by atomic mass is 16.5. The number of ether oxygens (including phenoxy) is 3. The number of rotatable bonds is 19. The van der Waals surface area contributed by atoms with E-state index in [1.54, 1.807) is 14.2 Å². The molecule has 0 radical (unpaired) electrons. The quantitative estimate of drug-likeness (QED) is 0.198. The van der Waals surface area contributed by atoms with Gasteiger partial charge in [0.15, 0.2) is 0 Å². The Morgan fingerprint density at radius 2 is 1.35 bits per heavy atom. The van der Waals surface area contributed by atoms with Gasteiger partial charge in [0.2, 0.25) is 5.91 Å². The predicted molar refractivity (Wildman–Crippen MR) is 147 cm³/mol. The van der Waals surface area contributed by atoms with E-state index in [1.807, 2.05) is 48.2 Å². The molecule has 7 nitrogen and oxygen atoms in total. The zero-order valence-electron chi connectivity index (χ0n) is 22.8. The maximum absolute atomic E-state index is 13.1. The van der Waals surface area contributed by atoms with Gasteiger partial charge in [-0.2, -0.15) is 0 Å². The van der Waals surface area contributed by atoms with Gasteiger partial charge in [-0.15, -0.1) is 0 Å². The van der Waals surface area contributed by atoms with Crippen molar-refractivity contribution in [1.29, 1.82) is 0 Å². The van der Waals surface area contributed by atoms with Crippen molar-refractivity contribution in [1.82, 2.24) is 10.2 Å². The number of hydrogen-bond donors (Lipinski definition) is 1. The topological polar surface area (TPSA) is 77.1 Å². The van der Waals surface area contributed by atoms with Crippen LogP contribution in [0.1, 0.15) is 69.4 Å². The lowest BCUT2D eigenvalue weighted by Gasteiger charge is -2.23. The fraction of sp³-hybridized carbons (Fsp3) is 0.533. The summed E-state index contributed by atoms with van der Waals surface area (Å²) in [5.41, 5.74) is 2.32. The summed E-state index contributed by atoms with van der Waals surface area (Å²) in [6, 6.07) is 16.0. The molecule has 0 saturated heterocycles. The number of carbonyl (C=O) groups is 2. The zero-order chi connectivity index (χ0) is 26.7. The van der Waals surface area contributed by atoms with Gasteiger partial charge in [0.1, 0.15) is 11.5 Å². The average molecular weight is 513 g/mol. The number of carbonyl (C=O) groups excluding carboxylic acids is 2. The highest BCUT2D eigenvalue weighted by Crippen LogP contribution is 2.16. The summed E-state index contributed by atoms with van der Waals surface area (Å²) in [6.45, 7) is 5.27. The Balaban J connectivity index is 1.71. The number of amides is 1. The van der Waals surface area contributed by atoms with Crippen LogP contribution in [-0.2, 0) is 27.4 Å². The van der Waals surface area contributed by atoms with E-state index in [4.69, 9.17) is 14.2 Å². The fourth-order valence-corrected chi connectivity index (χ4v) is 4.06. The van der Waals surface area contributed by atoms with E-state index < -0.39 is 0 Å². The van der Waals surface area contributed by atoms with Crippen molar-refractivity contribution in [3.8, 4) is 11.5 Å². The first-order valence-corrected chi connectivity index (χ1v) is 13.5. The smallest absolute Gasteiger partial charge is 0.305 e. The molecule has 0 heterocycles. The van der Waals surface area contributed by atoms with Crippen LogP contribution in [0.15, 0.2) is 48.5 Å². The Kier molecular flexibility index (Phi) is 14.9. The van der Waals surface area contributed by atoms with Crippen LogP contribution in [0.2, 0.25) is 0 Å². The van der Waals surface area contributed by atoms with Crippen molar-refractivity contribution >= 4 is 11.9 Å². The highest BCUT2D eigenvalue weighted by molar-refractivity contribution is 5.76. The lowest BCUT2D eigenvalue weighted by Crippen LogP contribution is -2.31. The molecule has 37 heavy (non-hydrogen) atoms. The van der Waals surface area contributed by atoms with Gasteiger partial charge in [-0.25, -0.2) is 0 Å². The third-order valence-corrected chi connectivity index (χ3v) is 6.23. The molecule has 0 aromatic heterocycles. The molecule has 0 bridgehead atoms. The van der Waals surface area contributed by atoms with Gasteiger partial charge in [0.25, 0.3) is 0 Å². The maximum Gasteiger partial charge on any atom is 0.305 e. The van der Waals surface area contributed by atoms with E-state index >= 15 is 0 Å². The van der Waals surface area contributed by atoms with Crippen molar-refractivity contribution in [3.05, 3.63) is 59.7 Å². The molecular formula is C30H44N2O5. The minimum absolute atomic E-state index is 0.146. The van der Waals surface area contributed by atoms with Crippen LogP contribution in [0.3, 0.4) is 0 Å². The summed E-state index contributed by atoms with van der Waals surface area (Å²) in [4.78, 5) is 26.6. The minimum atomic E-state index is -0.146. The van der Waals surface area contributed by atoms with E-state index in [9.17, 15) is 9.59 Å². The molecule has 0 aliphatic heterocycles. The third kappa shape index (κ3) is 12.6. The second-order valence-electron chi connectivity index (χ2n) is 9.11. The molecule has 7 heteroatoms. The molecule has 2 rings (SSSR count). The van der Waals surface area contributed by atoms with Gasteiger partial charge in [-0.1, -0.05) is 37.1 Å². The molecule has 0 saturated carbocycles. The molecule has 2 aromatic carbocycles. The first-order chi connectivity index (χ1) is 18.0.